The first-order chi connectivity index (χ1) is 14.1. The van der Waals surface area contributed by atoms with E-state index in [0.717, 1.165) is 37.2 Å². The Hall–Kier alpha value is -1.85. The summed E-state index contributed by atoms with van der Waals surface area (Å²) in [6, 6.07) is 15.2. The SMILES string of the molecule is O=S(=O)(c1ccccc1)N1CCc2cc(C3CC3CCC3CCOCC3)ccc21. The molecule has 2 unspecified atom stereocenters. The quantitative estimate of drug-likeness (QED) is 0.689. The summed E-state index contributed by atoms with van der Waals surface area (Å²) in [6.45, 7) is 2.41. The maximum Gasteiger partial charge on any atom is 0.264 e. The van der Waals surface area contributed by atoms with Gasteiger partial charge in [0.2, 0.25) is 0 Å². The number of nitrogens with zero attached hydrogens (tertiary/aromatic N) is 1. The summed E-state index contributed by atoms with van der Waals surface area (Å²) >= 11 is 0. The minimum absolute atomic E-state index is 0.368. The molecule has 0 radical (unpaired) electrons. The highest BCUT2D eigenvalue weighted by atomic mass is 32.2. The summed E-state index contributed by atoms with van der Waals surface area (Å²) in [5, 5.41) is 0. The van der Waals surface area contributed by atoms with E-state index in [4.69, 9.17) is 4.74 Å². The molecule has 4 nitrogen and oxygen atoms in total. The number of anilines is 1. The van der Waals surface area contributed by atoms with Crippen LogP contribution in [-0.2, 0) is 21.2 Å². The van der Waals surface area contributed by atoms with Gasteiger partial charge in [0.1, 0.15) is 0 Å². The first kappa shape index (κ1) is 19.1. The van der Waals surface area contributed by atoms with Crippen LogP contribution in [0.2, 0.25) is 0 Å². The lowest BCUT2D eigenvalue weighted by Gasteiger charge is -2.21. The highest BCUT2D eigenvalue weighted by molar-refractivity contribution is 7.92. The Bertz CT molecular complexity index is 967. The van der Waals surface area contributed by atoms with Gasteiger partial charge >= 0.3 is 0 Å². The van der Waals surface area contributed by atoms with E-state index in [1.54, 1.807) is 28.6 Å². The highest BCUT2D eigenvalue weighted by Crippen LogP contribution is 2.51. The Labute approximate surface area is 173 Å². The lowest BCUT2D eigenvalue weighted by molar-refractivity contribution is 0.0628. The van der Waals surface area contributed by atoms with Crippen LogP contribution in [0.15, 0.2) is 53.4 Å². The van der Waals surface area contributed by atoms with Gasteiger partial charge in [-0.1, -0.05) is 30.3 Å². The number of hydrogen-bond donors (Lipinski definition) is 0. The molecule has 0 spiro atoms. The fourth-order valence-electron chi connectivity index (χ4n) is 5.05. The van der Waals surface area contributed by atoms with Crippen molar-refractivity contribution in [3.63, 3.8) is 0 Å². The molecular formula is C24H29NO3S. The zero-order valence-electron chi connectivity index (χ0n) is 16.8. The average molecular weight is 412 g/mol. The molecule has 2 atom stereocenters. The molecular weight excluding hydrogens is 382 g/mol. The molecule has 2 fully saturated rings. The molecule has 0 aromatic heterocycles. The van der Waals surface area contributed by atoms with E-state index < -0.39 is 10.0 Å². The smallest absolute Gasteiger partial charge is 0.264 e. The van der Waals surface area contributed by atoms with Crippen LogP contribution in [-0.4, -0.2) is 28.2 Å². The Kier molecular flexibility index (Phi) is 5.12. The summed E-state index contributed by atoms with van der Waals surface area (Å²) in [4.78, 5) is 0.368. The molecule has 5 heteroatoms. The van der Waals surface area contributed by atoms with Gasteiger partial charge in [-0.2, -0.15) is 0 Å². The van der Waals surface area contributed by atoms with Gasteiger partial charge in [-0.25, -0.2) is 8.42 Å². The lowest BCUT2D eigenvalue weighted by Crippen LogP contribution is -2.29. The van der Waals surface area contributed by atoms with Gasteiger partial charge in [0, 0.05) is 19.8 Å². The normalized spacial score (nSPS) is 24.5. The van der Waals surface area contributed by atoms with E-state index >= 15 is 0 Å². The number of fused-ring (bicyclic) bond motifs is 1. The van der Waals surface area contributed by atoms with Crippen molar-refractivity contribution in [2.75, 3.05) is 24.1 Å². The Balaban J connectivity index is 1.26. The van der Waals surface area contributed by atoms with E-state index in [-0.39, 0.29) is 0 Å². The zero-order valence-corrected chi connectivity index (χ0v) is 17.6. The van der Waals surface area contributed by atoms with E-state index in [9.17, 15) is 8.42 Å². The molecule has 1 aliphatic carbocycles. The third kappa shape index (κ3) is 3.82. The third-order valence-electron chi connectivity index (χ3n) is 6.92. The van der Waals surface area contributed by atoms with Crippen molar-refractivity contribution >= 4 is 15.7 Å². The van der Waals surface area contributed by atoms with Crippen LogP contribution >= 0.6 is 0 Å². The highest BCUT2D eigenvalue weighted by Gasteiger charge is 2.39. The van der Waals surface area contributed by atoms with Crippen molar-refractivity contribution in [1.82, 2.24) is 0 Å². The van der Waals surface area contributed by atoms with Crippen molar-refractivity contribution in [1.29, 1.82) is 0 Å². The maximum atomic E-state index is 13.0. The van der Waals surface area contributed by atoms with Crippen LogP contribution in [0.5, 0.6) is 0 Å². The topological polar surface area (TPSA) is 46.6 Å². The lowest BCUT2D eigenvalue weighted by atomic mass is 9.93. The maximum absolute atomic E-state index is 13.0. The molecule has 0 bridgehead atoms. The van der Waals surface area contributed by atoms with Gasteiger partial charge < -0.3 is 4.74 Å². The first-order valence-electron chi connectivity index (χ1n) is 10.9. The summed E-state index contributed by atoms with van der Waals surface area (Å²) in [6.07, 6.45) is 7.19. The summed E-state index contributed by atoms with van der Waals surface area (Å²) in [5.74, 6) is 2.32. The van der Waals surface area contributed by atoms with Crippen molar-refractivity contribution in [3.8, 4) is 0 Å². The molecule has 3 aliphatic rings. The first-order valence-corrected chi connectivity index (χ1v) is 12.4. The molecule has 29 heavy (non-hydrogen) atoms. The molecule has 2 aliphatic heterocycles. The molecule has 2 heterocycles. The Morgan fingerprint density at radius 3 is 2.59 bits per heavy atom. The predicted octanol–water partition coefficient (Wildman–Crippen LogP) is 4.75. The standard InChI is InChI=1S/C24H29NO3S/c26-29(27,22-4-2-1-3-5-22)25-13-10-21-16-19(8-9-24(21)25)23-17-20(23)7-6-18-11-14-28-15-12-18/h1-5,8-9,16,18,20,23H,6-7,10-15,17H2. The van der Waals surface area contributed by atoms with Crippen LogP contribution < -0.4 is 4.31 Å². The van der Waals surface area contributed by atoms with Gasteiger partial charge in [-0.05, 0) is 85.6 Å². The summed E-state index contributed by atoms with van der Waals surface area (Å²) in [5.41, 5.74) is 3.44. The molecule has 0 N–H and O–H groups in total. The average Bonchev–Trinajstić information content (AvgIpc) is 3.41. The van der Waals surface area contributed by atoms with Crippen molar-refractivity contribution < 1.29 is 13.2 Å². The Morgan fingerprint density at radius 2 is 1.79 bits per heavy atom. The molecule has 1 saturated carbocycles. The predicted molar refractivity (Wildman–Crippen MR) is 115 cm³/mol. The van der Waals surface area contributed by atoms with Gasteiger partial charge in [0.05, 0.1) is 10.6 Å². The van der Waals surface area contributed by atoms with E-state index in [1.165, 1.54) is 43.2 Å². The number of rotatable bonds is 6. The van der Waals surface area contributed by atoms with Crippen LogP contribution in [0.3, 0.4) is 0 Å². The van der Waals surface area contributed by atoms with Gasteiger partial charge in [0.15, 0.2) is 0 Å². The number of sulfonamides is 1. The van der Waals surface area contributed by atoms with Gasteiger partial charge in [0.25, 0.3) is 10.0 Å². The number of ether oxygens (including phenoxy) is 1. The second-order valence-electron chi connectivity index (χ2n) is 8.76. The minimum Gasteiger partial charge on any atom is -0.381 e. The van der Waals surface area contributed by atoms with Crippen LogP contribution in [0.1, 0.15) is 49.1 Å². The van der Waals surface area contributed by atoms with E-state index in [0.29, 0.717) is 17.4 Å². The fourth-order valence-corrected chi connectivity index (χ4v) is 6.58. The van der Waals surface area contributed by atoms with Crippen molar-refractivity contribution in [3.05, 3.63) is 59.7 Å². The van der Waals surface area contributed by atoms with Gasteiger partial charge in [-0.15, -0.1) is 0 Å². The molecule has 2 aromatic carbocycles. The van der Waals surface area contributed by atoms with E-state index in [2.05, 4.69) is 12.1 Å². The molecule has 154 valence electrons. The molecule has 2 aromatic rings. The fraction of sp³-hybridized carbons (Fsp3) is 0.500. The number of hydrogen-bond acceptors (Lipinski definition) is 3. The van der Waals surface area contributed by atoms with Crippen molar-refractivity contribution in [2.24, 2.45) is 11.8 Å². The van der Waals surface area contributed by atoms with Crippen LogP contribution in [0.25, 0.3) is 0 Å². The monoisotopic (exact) mass is 411 g/mol. The summed E-state index contributed by atoms with van der Waals surface area (Å²) < 4.78 is 33.1. The molecule has 1 saturated heterocycles. The van der Waals surface area contributed by atoms with Crippen LogP contribution in [0.4, 0.5) is 5.69 Å². The third-order valence-corrected chi connectivity index (χ3v) is 8.75. The summed E-state index contributed by atoms with van der Waals surface area (Å²) in [7, 11) is -3.48. The molecule has 0 amide bonds. The largest absolute Gasteiger partial charge is 0.381 e. The van der Waals surface area contributed by atoms with E-state index in [1.807, 2.05) is 12.1 Å². The second kappa shape index (κ2) is 7.77. The second-order valence-corrected chi connectivity index (χ2v) is 10.6. The van der Waals surface area contributed by atoms with Crippen molar-refractivity contribution in [2.45, 2.75) is 49.3 Å². The van der Waals surface area contributed by atoms with Gasteiger partial charge in [-0.3, -0.25) is 4.31 Å². The number of benzene rings is 2. The minimum atomic E-state index is -3.48. The Morgan fingerprint density at radius 1 is 1.00 bits per heavy atom. The zero-order chi connectivity index (χ0) is 19.8. The van der Waals surface area contributed by atoms with Crippen LogP contribution in [0, 0.1) is 11.8 Å². The molecule has 5 rings (SSSR count).